The van der Waals surface area contributed by atoms with Crippen LogP contribution in [0.15, 0.2) is 6.07 Å². The van der Waals surface area contributed by atoms with Crippen LogP contribution in [0, 0.1) is 5.92 Å². The van der Waals surface area contributed by atoms with Crippen LogP contribution >= 0.6 is 0 Å². The number of carbonyl (C=O) groups is 1. The van der Waals surface area contributed by atoms with Crippen molar-refractivity contribution in [1.29, 1.82) is 0 Å². The number of nitrogens with one attached hydrogen (secondary N) is 1. The summed E-state index contributed by atoms with van der Waals surface area (Å²) in [7, 11) is 3.93. The minimum Gasteiger partial charge on any atom is -0.494 e. The van der Waals surface area contributed by atoms with Gasteiger partial charge in [-0.3, -0.25) is 4.79 Å². The Morgan fingerprint density at radius 1 is 1.58 bits per heavy atom. The SMILES string of the molecule is CN1CCC(CCN(C)C(=O)c2cc(O)[nH]n2)CC1. The number of likely N-dealkylation sites (tertiary alicyclic amines) is 1. The summed E-state index contributed by atoms with van der Waals surface area (Å²) < 4.78 is 0. The normalized spacial score (nSPS) is 17.6. The number of rotatable bonds is 4. The fourth-order valence-electron chi connectivity index (χ4n) is 2.45. The van der Waals surface area contributed by atoms with E-state index in [1.807, 2.05) is 0 Å². The summed E-state index contributed by atoms with van der Waals surface area (Å²) >= 11 is 0. The number of amides is 1. The molecule has 0 saturated carbocycles. The van der Waals surface area contributed by atoms with Gasteiger partial charge in [0.2, 0.25) is 5.88 Å². The largest absolute Gasteiger partial charge is 0.494 e. The van der Waals surface area contributed by atoms with Crippen molar-refractivity contribution >= 4 is 5.91 Å². The van der Waals surface area contributed by atoms with Crippen LogP contribution in [0.5, 0.6) is 5.88 Å². The van der Waals surface area contributed by atoms with Crippen molar-refractivity contribution < 1.29 is 9.90 Å². The van der Waals surface area contributed by atoms with E-state index < -0.39 is 0 Å². The molecule has 1 aromatic heterocycles. The summed E-state index contributed by atoms with van der Waals surface area (Å²) in [4.78, 5) is 16.0. The third-order valence-electron chi connectivity index (χ3n) is 3.84. The van der Waals surface area contributed by atoms with Crippen molar-refractivity contribution in [3.8, 4) is 5.88 Å². The highest BCUT2D eigenvalue weighted by atomic mass is 16.3. The van der Waals surface area contributed by atoms with Crippen LogP contribution in [0.3, 0.4) is 0 Å². The molecule has 0 atom stereocenters. The fourth-order valence-corrected chi connectivity index (χ4v) is 2.45. The lowest BCUT2D eigenvalue weighted by atomic mass is 9.94. The first-order valence-corrected chi connectivity index (χ1v) is 6.74. The van der Waals surface area contributed by atoms with Gasteiger partial charge in [0.05, 0.1) is 0 Å². The highest BCUT2D eigenvalue weighted by molar-refractivity contribution is 5.92. The standard InChI is InChI=1S/C13H22N4O2/c1-16-6-3-10(4-7-16)5-8-17(2)13(19)11-9-12(18)15-14-11/h9-10H,3-8H2,1-2H3,(H2,14,15,18). The fraction of sp³-hybridized carbons (Fsp3) is 0.692. The molecule has 0 bridgehead atoms. The van der Waals surface area contributed by atoms with Gasteiger partial charge in [-0.1, -0.05) is 0 Å². The zero-order chi connectivity index (χ0) is 13.8. The Bertz CT molecular complexity index is 424. The topological polar surface area (TPSA) is 72.5 Å². The first-order valence-electron chi connectivity index (χ1n) is 6.74. The number of H-pyrrole nitrogens is 1. The zero-order valence-corrected chi connectivity index (χ0v) is 11.6. The number of aromatic nitrogens is 2. The minimum atomic E-state index is -0.149. The molecule has 1 fully saturated rings. The molecule has 1 amide bonds. The second-order valence-corrected chi connectivity index (χ2v) is 5.40. The molecule has 2 heterocycles. The molecule has 0 radical (unpaired) electrons. The maximum atomic E-state index is 12.0. The van der Waals surface area contributed by atoms with E-state index in [0.29, 0.717) is 5.92 Å². The third-order valence-corrected chi connectivity index (χ3v) is 3.84. The Morgan fingerprint density at radius 3 is 2.84 bits per heavy atom. The smallest absolute Gasteiger partial charge is 0.274 e. The van der Waals surface area contributed by atoms with Gasteiger partial charge in [0.25, 0.3) is 5.91 Å². The maximum Gasteiger partial charge on any atom is 0.274 e. The van der Waals surface area contributed by atoms with Crippen LogP contribution in [0.2, 0.25) is 0 Å². The monoisotopic (exact) mass is 266 g/mol. The van der Waals surface area contributed by atoms with Crippen molar-refractivity contribution in [1.82, 2.24) is 20.0 Å². The highest BCUT2D eigenvalue weighted by Gasteiger charge is 2.19. The van der Waals surface area contributed by atoms with Gasteiger partial charge in [-0.2, -0.15) is 5.10 Å². The summed E-state index contributed by atoms with van der Waals surface area (Å²) in [5, 5.41) is 15.3. The number of aromatic hydroxyl groups is 1. The van der Waals surface area contributed by atoms with Crippen LogP contribution in [-0.2, 0) is 0 Å². The summed E-state index contributed by atoms with van der Waals surface area (Å²) in [5.41, 5.74) is 0.267. The molecular formula is C13H22N4O2. The molecule has 1 aliphatic heterocycles. The Kier molecular flexibility index (Phi) is 4.42. The number of carbonyl (C=O) groups excluding carboxylic acids is 1. The lowest BCUT2D eigenvalue weighted by Crippen LogP contribution is -2.33. The number of aromatic amines is 1. The van der Waals surface area contributed by atoms with Gasteiger partial charge in [0, 0.05) is 19.7 Å². The van der Waals surface area contributed by atoms with Crippen molar-refractivity contribution in [3.63, 3.8) is 0 Å². The van der Waals surface area contributed by atoms with Crippen LogP contribution in [-0.4, -0.2) is 64.7 Å². The van der Waals surface area contributed by atoms with E-state index in [2.05, 4.69) is 22.1 Å². The van der Waals surface area contributed by atoms with E-state index in [1.165, 1.54) is 18.9 Å². The molecule has 2 N–H and O–H groups in total. The highest BCUT2D eigenvalue weighted by Crippen LogP contribution is 2.20. The average Bonchev–Trinajstić information content (AvgIpc) is 2.83. The lowest BCUT2D eigenvalue weighted by molar-refractivity contribution is 0.0774. The number of hydrogen-bond acceptors (Lipinski definition) is 4. The van der Waals surface area contributed by atoms with Gasteiger partial charge in [0.1, 0.15) is 0 Å². The Balaban J connectivity index is 1.78. The molecule has 1 saturated heterocycles. The predicted molar refractivity (Wildman–Crippen MR) is 72.1 cm³/mol. The van der Waals surface area contributed by atoms with Crippen molar-refractivity contribution in [3.05, 3.63) is 11.8 Å². The summed E-state index contributed by atoms with van der Waals surface area (Å²) in [6.45, 7) is 3.03. The molecule has 2 rings (SSSR count). The van der Waals surface area contributed by atoms with Gasteiger partial charge < -0.3 is 14.9 Å². The van der Waals surface area contributed by atoms with Crippen molar-refractivity contribution in [2.75, 3.05) is 33.7 Å². The van der Waals surface area contributed by atoms with E-state index in [1.54, 1.807) is 11.9 Å². The first-order chi connectivity index (χ1) is 9.06. The molecule has 0 spiro atoms. The second-order valence-electron chi connectivity index (χ2n) is 5.40. The Hall–Kier alpha value is -1.56. The molecule has 0 aromatic carbocycles. The molecule has 1 aromatic rings. The lowest BCUT2D eigenvalue weighted by Gasteiger charge is -2.30. The second kappa shape index (κ2) is 6.06. The van der Waals surface area contributed by atoms with Crippen molar-refractivity contribution in [2.45, 2.75) is 19.3 Å². The molecule has 0 unspecified atom stereocenters. The van der Waals surface area contributed by atoms with Crippen LogP contribution < -0.4 is 0 Å². The Labute approximate surface area is 113 Å². The molecule has 1 aliphatic rings. The average molecular weight is 266 g/mol. The van der Waals surface area contributed by atoms with Crippen LogP contribution in [0.4, 0.5) is 0 Å². The minimum absolute atomic E-state index is 0.0768. The van der Waals surface area contributed by atoms with Crippen molar-refractivity contribution in [2.24, 2.45) is 5.92 Å². The van der Waals surface area contributed by atoms with Gasteiger partial charge in [-0.25, -0.2) is 5.10 Å². The predicted octanol–water partition coefficient (Wildman–Crippen LogP) is 0.919. The van der Waals surface area contributed by atoms with Crippen LogP contribution in [0.25, 0.3) is 0 Å². The molecule has 6 nitrogen and oxygen atoms in total. The Morgan fingerprint density at radius 2 is 2.26 bits per heavy atom. The van der Waals surface area contributed by atoms with Gasteiger partial charge in [0.15, 0.2) is 5.69 Å². The molecule has 6 heteroatoms. The van der Waals surface area contributed by atoms with Gasteiger partial charge in [-0.15, -0.1) is 0 Å². The van der Waals surface area contributed by atoms with Gasteiger partial charge in [-0.05, 0) is 45.3 Å². The molecule has 19 heavy (non-hydrogen) atoms. The van der Waals surface area contributed by atoms with E-state index in [4.69, 9.17) is 5.11 Å². The molecule has 0 aliphatic carbocycles. The third kappa shape index (κ3) is 3.70. The number of nitrogens with zero attached hydrogens (tertiary/aromatic N) is 3. The summed E-state index contributed by atoms with van der Waals surface area (Å²) in [6.07, 6.45) is 3.45. The van der Waals surface area contributed by atoms with E-state index >= 15 is 0 Å². The van der Waals surface area contributed by atoms with E-state index in [9.17, 15) is 4.79 Å². The molecular weight excluding hydrogens is 244 g/mol. The first kappa shape index (κ1) is 13.9. The quantitative estimate of drug-likeness (QED) is 0.850. The van der Waals surface area contributed by atoms with E-state index in [-0.39, 0.29) is 17.5 Å². The number of hydrogen-bond donors (Lipinski definition) is 2. The summed E-state index contributed by atoms with van der Waals surface area (Å²) in [6, 6.07) is 1.36. The molecule has 106 valence electrons. The van der Waals surface area contributed by atoms with E-state index in [0.717, 1.165) is 26.1 Å². The zero-order valence-electron chi connectivity index (χ0n) is 11.6. The maximum absolute atomic E-state index is 12.0. The number of piperidine rings is 1. The summed E-state index contributed by atoms with van der Waals surface area (Å²) in [5.74, 6) is 0.482. The van der Waals surface area contributed by atoms with Crippen LogP contribution in [0.1, 0.15) is 29.8 Å². The van der Waals surface area contributed by atoms with Gasteiger partial charge >= 0.3 is 0 Å².